The van der Waals surface area contributed by atoms with E-state index in [0.717, 1.165) is 0 Å². The lowest BCUT2D eigenvalue weighted by atomic mass is 10.2. The van der Waals surface area contributed by atoms with Crippen LogP contribution in [-0.2, 0) is 0 Å². The Balaban J connectivity index is 1.76. The summed E-state index contributed by atoms with van der Waals surface area (Å²) in [5.41, 5.74) is 0.496. The predicted molar refractivity (Wildman–Crippen MR) is 100.0 cm³/mol. The minimum Gasteiger partial charge on any atom is -0.502 e. The molecule has 6 nitrogen and oxygen atoms in total. The van der Waals surface area contributed by atoms with E-state index >= 15 is 0 Å². The molecule has 3 aromatic carbocycles. The van der Waals surface area contributed by atoms with Gasteiger partial charge in [-0.3, -0.25) is 15.1 Å². The van der Waals surface area contributed by atoms with Crippen molar-refractivity contribution in [3.63, 3.8) is 0 Å². The van der Waals surface area contributed by atoms with Gasteiger partial charge in [0.05, 0.1) is 15.6 Å². The van der Waals surface area contributed by atoms with Crippen molar-refractivity contribution in [1.82, 2.24) is 0 Å². The van der Waals surface area contributed by atoms with Crippen LogP contribution in [0, 0.1) is 10.1 Å². The van der Waals surface area contributed by atoms with Crippen molar-refractivity contribution in [1.29, 1.82) is 0 Å². The highest BCUT2D eigenvalue weighted by molar-refractivity contribution is 6.32. The molecule has 0 aliphatic heterocycles. The fourth-order valence-electron chi connectivity index (χ4n) is 2.20. The number of rotatable bonds is 5. The van der Waals surface area contributed by atoms with E-state index in [9.17, 15) is 15.2 Å². The zero-order valence-corrected chi connectivity index (χ0v) is 14.1. The van der Waals surface area contributed by atoms with Gasteiger partial charge in [0.2, 0.25) is 5.75 Å². The third-order valence-electron chi connectivity index (χ3n) is 3.50. The normalized spacial score (nSPS) is 10.8. The first-order chi connectivity index (χ1) is 12.5. The van der Waals surface area contributed by atoms with Gasteiger partial charge in [-0.05, 0) is 42.5 Å². The van der Waals surface area contributed by atoms with Gasteiger partial charge in [-0.15, -0.1) is 0 Å². The fraction of sp³-hybridized carbons (Fsp3) is 0. The van der Waals surface area contributed by atoms with Crippen molar-refractivity contribution in [2.24, 2.45) is 4.99 Å². The molecule has 0 bridgehead atoms. The summed E-state index contributed by atoms with van der Waals surface area (Å²) in [6.45, 7) is 0. The molecule has 26 heavy (non-hydrogen) atoms. The number of ether oxygens (including phenoxy) is 1. The summed E-state index contributed by atoms with van der Waals surface area (Å²) in [6.07, 6.45) is 1.37. The van der Waals surface area contributed by atoms with Crippen molar-refractivity contribution >= 4 is 29.2 Å². The molecule has 0 fully saturated rings. The Hall–Kier alpha value is -3.38. The average Bonchev–Trinajstić information content (AvgIpc) is 2.64. The number of nitrogens with zero attached hydrogens (tertiary/aromatic N) is 2. The van der Waals surface area contributed by atoms with Crippen molar-refractivity contribution in [3.8, 4) is 17.2 Å². The van der Waals surface area contributed by atoms with Gasteiger partial charge < -0.3 is 9.84 Å². The topological polar surface area (TPSA) is 85.0 Å². The molecule has 0 saturated heterocycles. The second-order valence-electron chi connectivity index (χ2n) is 5.26. The zero-order chi connectivity index (χ0) is 18.5. The number of phenols is 1. The Morgan fingerprint density at radius 3 is 2.46 bits per heavy atom. The molecule has 3 rings (SSSR count). The summed E-state index contributed by atoms with van der Waals surface area (Å²) in [7, 11) is 0. The van der Waals surface area contributed by atoms with E-state index in [1.165, 1.54) is 18.3 Å². The summed E-state index contributed by atoms with van der Waals surface area (Å²) in [4.78, 5) is 14.4. The van der Waals surface area contributed by atoms with Crippen LogP contribution in [0.2, 0.25) is 5.02 Å². The molecule has 1 N–H and O–H groups in total. The van der Waals surface area contributed by atoms with Crippen molar-refractivity contribution in [2.45, 2.75) is 0 Å². The van der Waals surface area contributed by atoms with Gasteiger partial charge in [-0.25, -0.2) is 0 Å². The first kappa shape index (κ1) is 17.4. The molecule has 0 aliphatic carbocycles. The number of benzene rings is 3. The predicted octanol–water partition coefficient (Wildman–Crippen LogP) is 5.50. The molecule has 0 amide bonds. The fourth-order valence-corrected chi connectivity index (χ4v) is 2.37. The molecule has 0 heterocycles. The zero-order valence-electron chi connectivity index (χ0n) is 13.4. The standard InChI is InChI=1S/C19H13ClN2O4/c20-16-5-1-2-7-18(16)26-15-10-8-14(9-11-15)21-12-13-4-3-6-17(19(13)23)22(24)25/h1-12,23H. The molecular formula is C19H13ClN2O4. The maximum Gasteiger partial charge on any atom is 0.311 e. The number of aliphatic imine (C=N–C) groups is 1. The smallest absolute Gasteiger partial charge is 0.311 e. The molecule has 0 unspecified atom stereocenters. The number of hydrogen-bond donors (Lipinski definition) is 1. The largest absolute Gasteiger partial charge is 0.502 e. The number of nitro benzene ring substituents is 1. The average molecular weight is 369 g/mol. The van der Waals surface area contributed by atoms with Crippen LogP contribution in [0.5, 0.6) is 17.2 Å². The van der Waals surface area contributed by atoms with E-state index in [1.54, 1.807) is 42.5 Å². The molecule has 0 radical (unpaired) electrons. The van der Waals surface area contributed by atoms with E-state index in [0.29, 0.717) is 22.2 Å². The number of para-hydroxylation sites is 2. The van der Waals surface area contributed by atoms with Gasteiger partial charge in [-0.2, -0.15) is 0 Å². The van der Waals surface area contributed by atoms with Gasteiger partial charge in [-0.1, -0.05) is 29.8 Å². The lowest BCUT2D eigenvalue weighted by Crippen LogP contribution is -1.91. The molecular weight excluding hydrogens is 356 g/mol. The van der Waals surface area contributed by atoms with Crippen LogP contribution >= 0.6 is 11.6 Å². The van der Waals surface area contributed by atoms with Crippen molar-refractivity contribution in [2.75, 3.05) is 0 Å². The van der Waals surface area contributed by atoms with Crippen molar-refractivity contribution < 1.29 is 14.8 Å². The maximum atomic E-state index is 10.8. The molecule has 0 aromatic heterocycles. The molecule has 7 heteroatoms. The molecule has 130 valence electrons. The molecule has 0 spiro atoms. The van der Waals surface area contributed by atoms with Crippen LogP contribution < -0.4 is 4.74 Å². The number of hydrogen-bond acceptors (Lipinski definition) is 5. The highest BCUT2D eigenvalue weighted by Gasteiger charge is 2.14. The van der Waals surface area contributed by atoms with E-state index in [2.05, 4.69) is 4.99 Å². The van der Waals surface area contributed by atoms with E-state index in [1.807, 2.05) is 12.1 Å². The van der Waals surface area contributed by atoms with Crippen LogP contribution in [-0.4, -0.2) is 16.2 Å². The van der Waals surface area contributed by atoms with Crippen LogP contribution in [0.4, 0.5) is 11.4 Å². The quantitative estimate of drug-likeness (QED) is 0.366. The Labute approximate surface area is 154 Å². The Morgan fingerprint density at radius 2 is 1.77 bits per heavy atom. The van der Waals surface area contributed by atoms with Gasteiger partial charge in [0.15, 0.2) is 0 Å². The van der Waals surface area contributed by atoms with E-state index in [4.69, 9.17) is 16.3 Å². The Kier molecular flexibility index (Phi) is 5.15. The van der Waals surface area contributed by atoms with Crippen LogP contribution in [0.15, 0.2) is 71.7 Å². The van der Waals surface area contributed by atoms with Crippen molar-refractivity contribution in [3.05, 3.63) is 87.4 Å². The summed E-state index contributed by atoms with van der Waals surface area (Å²) in [5, 5.41) is 21.3. The third-order valence-corrected chi connectivity index (χ3v) is 3.81. The van der Waals surface area contributed by atoms with Gasteiger partial charge >= 0.3 is 5.69 Å². The van der Waals surface area contributed by atoms with E-state index in [-0.39, 0.29) is 11.3 Å². The first-order valence-corrected chi connectivity index (χ1v) is 7.95. The monoisotopic (exact) mass is 368 g/mol. The first-order valence-electron chi connectivity index (χ1n) is 7.57. The Bertz CT molecular complexity index is 972. The van der Waals surface area contributed by atoms with Gasteiger partial charge in [0, 0.05) is 17.8 Å². The summed E-state index contributed by atoms with van der Waals surface area (Å²) < 4.78 is 5.69. The number of nitro groups is 1. The number of phenolic OH excluding ortho intramolecular Hbond substituents is 1. The Morgan fingerprint density at radius 1 is 1.04 bits per heavy atom. The maximum absolute atomic E-state index is 10.8. The molecule has 3 aromatic rings. The minimum atomic E-state index is -0.645. The number of aromatic hydroxyl groups is 1. The third kappa shape index (κ3) is 3.99. The van der Waals surface area contributed by atoms with Crippen LogP contribution in [0.1, 0.15) is 5.56 Å². The highest BCUT2D eigenvalue weighted by Crippen LogP contribution is 2.31. The summed E-state index contributed by atoms with van der Waals surface area (Å²) in [5.74, 6) is 0.724. The van der Waals surface area contributed by atoms with Gasteiger partial charge in [0.25, 0.3) is 0 Å². The molecule has 0 atom stereocenters. The lowest BCUT2D eigenvalue weighted by Gasteiger charge is -2.07. The summed E-state index contributed by atoms with van der Waals surface area (Å²) in [6, 6.07) is 18.3. The molecule has 0 aliphatic rings. The van der Waals surface area contributed by atoms with E-state index < -0.39 is 10.7 Å². The summed E-state index contributed by atoms with van der Waals surface area (Å²) >= 11 is 6.05. The lowest BCUT2D eigenvalue weighted by molar-refractivity contribution is -0.385. The number of halogens is 1. The highest BCUT2D eigenvalue weighted by atomic mass is 35.5. The molecule has 0 saturated carbocycles. The SMILES string of the molecule is O=[N+]([O-])c1cccc(C=Nc2ccc(Oc3ccccc3Cl)cc2)c1O. The van der Waals surface area contributed by atoms with Crippen LogP contribution in [0.3, 0.4) is 0 Å². The van der Waals surface area contributed by atoms with Crippen LogP contribution in [0.25, 0.3) is 0 Å². The van der Waals surface area contributed by atoms with Gasteiger partial charge in [0.1, 0.15) is 11.5 Å². The second kappa shape index (κ2) is 7.67. The second-order valence-corrected chi connectivity index (χ2v) is 5.66. The minimum absolute atomic E-state index is 0.260.